The van der Waals surface area contributed by atoms with Crippen molar-refractivity contribution in [3.63, 3.8) is 0 Å². The molecule has 0 aromatic heterocycles. The number of fused-ring (bicyclic) bond motifs is 1. The van der Waals surface area contributed by atoms with Crippen LogP contribution < -0.4 is 10.6 Å². The lowest BCUT2D eigenvalue weighted by Crippen LogP contribution is -2.44. The molecule has 1 aliphatic rings. The molecule has 1 fully saturated rings. The Labute approximate surface area is 188 Å². The first-order valence-corrected chi connectivity index (χ1v) is 11.1. The fourth-order valence-electron chi connectivity index (χ4n) is 5.08. The van der Waals surface area contributed by atoms with Gasteiger partial charge in [-0.15, -0.1) is 0 Å². The van der Waals surface area contributed by atoms with Crippen molar-refractivity contribution in [1.82, 2.24) is 5.32 Å². The lowest BCUT2D eigenvalue weighted by molar-refractivity contribution is 0.102. The second-order valence-corrected chi connectivity index (χ2v) is 9.60. The average Bonchev–Trinajstić information content (AvgIpc) is 3.46. The van der Waals surface area contributed by atoms with Crippen LogP contribution in [-0.2, 0) is 0 Å². The zero-order chi connectivity index (χ0) is 22.9. The molecule has 166 valence electrons. The Bertz CT molecular complexity index is 1150. The maximum absolute atomic E-state index is 12.7. The van der Waals surface area contributed by atoms with Crippen molar-refractivity contribution in [2.75, 3.05) is 5.32 Å². The molecule has 0 heterocycles. The van der Waals surface area contributed by atoms with Crippen molar-refractivity contribution in [1.29, 1.82) is 0 Å². The summed E-state index contributed by atoms with van der Waals surface area (Å²) in [6.45, 7) is 6.06. The quantitative estimate of drug-likeness (QED) is 0.405. The molecule has 1 aliphatic carbocycles. The van der Waals surface area contributed by atoms with E-state index in [2.05, 4.69) is 29.7 Å². The second-order valence-electron chi connectivity index (χ2n) is 9.60. The van der Waals surface area contributed by atoms with Gasteiger partial charge in [-0.25, -0.2) is 4.79 Å². The number of anilines is 1. The molecule has 5 heteroatoms. The fraction of sp³-hybridized carbons (Fsp3) is 0.333. The molecular weight excluding hydrogens is 400 g/mol. The third kappa shape index (κ3) is 4.62. The van der Waals surface area contributed by atoms with Gasteiger partial charge in [-0.3, -0.25) is 4.79 Å². The third-order valence-electron chi connectivity index (χ3n) is 6.72. The van der Waals surface area contributed by atoms with Gasteiger partial charge in [-0.1, -0.05) is 49.4 Å². The van der Waals surface area contributed by atoms with E-state index in [0.717, 1.165) is 35.7 Å². The summed E-state index contributed by atoms with van der Waals surface area (Å²) in [5.74, 6) is 0.284. The number of carboxylic acid groups (broad SMARTS) is 1. The van der Waals surface area contributed by atoms with E-state index in [4.69, 9.17) is 5.11 Å². The number of carbonyl (C=O) groups is 2. The summed E-state index contributed by atoms with van der Waals surface area (Å²) < 4.78 is 0. The summed E-state index contributed by atoms with van der Waals surface area (Å²) in [5.41, 5.74) is 2.28. The zero-order valence-electron chi connectivity index (χ0n) is 18.8. The van der Waals surface area contributed by atoms with E-state index in [1.54, 1.807) is 0 Å². The number of benzene rings is 3. The van der Waals surface area contributed by atoms with Gasteiger partial charge in [0.1, 0.15) is 0 Å². The summed E-state index contributed by atoms with van der Waals surface area (Å²) in [5, 5.41) is 16.9. The molecule has 32 heavy (non-hydrogen) atoms. The van der Waals surface area contributed by atoms with Gasteiger partial charge in [0.05, 0.1) is 0 Å². The van der Waals surface area contributed by atoms with E-state index in [9.17, 15) is 9.59 Å². The van der Waals surface area contributed by atoms with Crippen LogP contribution >= 0.6 is 0 Å². The third-order valence-corrected chi connectivity index (χ3v) is 6.72. The summed E-state index contributed by atoms with van der Waals surface area (Å²) in [4.78, 5) is 23.8. The van der Waals surface area contributed by atoms with Crippen molar-refractivity contribution in [3.8, 4) is 0 Å². The first-order valence-electron chi connectivity index (χ1n) is 11.1. The Hall–Kier alpha value is -3.34. The predicted molar refractivity (Wildman–Crippen MR) is 128 cm³/mol. The highest BCUT2D eigenvalue weighted by atomic mass is 16.4. The van der Waals surface area contributed by atoms with E-state index in [0.29, 0.717) is 11.5 Å². The second kappa shape index (κ2) is 8.30. The van der Waals surface area contributed by atoms with Crippen LogP contribution in [-0.4, -0.2) is 22.6 Å². The maximum Gasteiger partial charge on any atom is 0.405 e. The Balaban J connectivity index is 1.43. The number of nitrogens with one attached hydrogen (secondary N) is 2. The Morgan fingerprint density at radius 2 is 1.72 bits per heavy atom. The van der Waals surface area contributed by atoms with Gasteiger partial charge >= 0.3 is 6.09 Å². The summed E-state index contributed by atoms with van der Waals surface area (Å²) >= 11 is 0. The summed E-state index contributed by atoms with van der Waals surface area (Å²) in [7, 11) is 0. The van der Waals surface area contributed by atoms with E-state index in [-0.39, 0.29) is 11.3 Å². The molecule has 5 nitrogen and oxygen atoms in total. The van der Waals surface area contributed by atoms with Crippen molar-refractivity contribution in [2.45, 2.75) is 51.5 Å². The number of hydrogen-bond donors (Lipinski definition) is 3. The predicted octanol–water partition coefficient (Wildman–Crippen LogP) is 6.41. The molecule has 2 amide bonds. The first kappa shape index (κ1) is 21.9. The number of rotatable bonds is 7. The zero-order valence-corrected chi connectivity index (χ0v) is 18.8. The highest BCUT2D eigenvalue weighted by Crippen LogP contribution is 2.65. The lowest BCUT2D eigenvalue weighted by atomic mass is 9.83. The molecule has 2 unspecified atom stereocenters. The van der Waals surface area contributed by atoms with Gasteiger partial charge in [0, 0.05) is 16.8 Å². The molecule has 0 spiro atoms. The van der Waals surface area contributed by atoms with E-state index < -0.39 is 11.6 Å². The highest BCUT2D eigenvalue weighted by molar-refractivity contribution is 6.06. The van der Waals surface area contributed by atoms with Gasteiger partial charge < -0.3 is 15.7 Å². The van der Waals surface area contributed by atoms with Crippen LogP contribution in [0.5, 0.6) is 0 Å². The van der Waals surface area contributed by atoms with Crippen LogP contribution in [0.4, 0.5) is 10.5 Å². The molecule has 0 aliphatic heterocycles. The minimum absolute atomic E-state index is 0.113. The van der Waals surface area contributed by atoms with Crippen molar-refractivity contribution in [3.05, 3.63) is 77.9 Å². The molecule has 4 rings (SSSR count). The molecule has 3 aromatic carbocycles. The molecule has 0 radical (unpaired) electrons. The fourth-order valence-corrected chi connectivity index (χ4v) is 5.08. The Morgan fingerprint density at radius 1 is 1.03 bits per heavy atom. The lowest BCUT2D eigenvalue weighted by Gasteiger charge is -2.30. The summed E-state index contributed by atoms with van der Waals surface area (Å²) in [6, 6.07) is 21.8. The highest BCUT2D eigenvalue weighted by Gasteiger charge is 2.55. The molecule has 3 aromatic rings. The first-order chi connectivity index (χ1) is 15.2. The number of hydrogen-bond acceptors (Lipinski definition) is 2. The molecule has 0 bridgehead atoms. The van der Waals surface area contributed by atoms with Crippen molar-refractivity contribution >= 4 is 28.5 Å². The van der Waals surface area contributed by atoms with Gasteiger partial charge in [0.25, 0.3) is 5.91 Å². The van der Waals surface area contributed by atoms with Crippen LogP contribution in [0.3, 0.4) is 0 Å². The molecule has 2 atom stereocenters. The standard InChI is InChI=1S/C27H30N2O3/c1-4-27(17-26(2,3)29-25(31)32)16-23(27)19-11-13-22(14-12-19)28-24(30)21-10-9-18-7-5-6-8-20(18)15-21/h5-15,23,29H,4,16-17H2,1-3H3,(H,28,30)(H,31,32). The number of amides is 2. The molecule has 1 saturated carbocycles. The van der Waals surface area contributed by atoms with Gasteiger partial charge in [-0.2, -0.15) is 0 Å². The van der Waals surface area contributed by atoms with Gasteiger partial charge in [-0.05, 0) is 85.0 Å². The van der Waals surface area contributed by atoms with Crippen molar-refractivity contribution < 1.29 is 14.7 Å². The molecule has 0 saturated heterocycles. The van der Waals surface area contributed by atoms with Crippen LogP contribution in [0, 0.1) is 5.41 Å². The minimum Gasteiger partial charge on any atom is -0.465 e. The van der Waals surface area contributed by atoms with Gasteiger partial charge in [0.15, 0.2) is 0 Å². The van der Waals surface area contributed by atoms with Crippen LogP contribution in [0.15, 0.2) is 66.7 Å². The monoisotopic (exact) mass is 430 g/mol. The topological polar surface area (TPSA) is 78.4 Å². The Morgan fingerprint density at radius 3 is 2.38 bits per heavy atom. The van der Waals surface area contributed by atoms with Crippen LogP contribution in [0.1, 0.15) is 61.9 Å². The van der Waals surface area contributed by atoms with Crippen LogP contribution in [0.2, 0.25) is 0 Å². The number of carbonyl (C=O) groups excluding carboxylic acids is 1. The van der Waals surface area contributed by atoms with E-state index in [1.165, 1.54) is 5.56 Å². The smallest absolute Gasteiger partial charge is 0.405 e. The maximum atomic E-state index is 12.7. The van der Waals surface area contributed by atoms with Crippen LogP contribution in [0.25, 0.3) is 10.8 Å². The van der Waals surface area contributed by atoms with E-state index >= 15 is 0 Å². The van der Waals surface area contributed by atoms with Crippen molar-refractivity contribution in [2.24, 2.45) is 5.41 Å². The minimum atomic E-state index is -0.982. The Kier molecular flexibility index (Phi) is 5.68. The van der Waals surface area contributed by atoms with E-state index in [1.807, 2.05) is 68.4 Å². The molecule has 3 N–H and O–H groups in total. The average molecular weight is 431 g/mol. The molecular formula is C27H30N2O3. The largest absolute Gasteiger partial charge is 0.465 e. The van der Waals surface area contributed by atoms with Gasteiger partial charge in [0.2, 0.25) is 0 Å². The SMILES string of the molecule is CCC1(CC(C)(C)NC(=O)O)CC1c1ccc(NC(=O)c2ccc3ccccc3c2)cc1. The normalized spacial score (nSPS) is 20.0. The summed E-state index contributed by atoms with van der Waals surface area (Å²) in [6.07, 6.45) is 1.87.